The minimum absolute atomic E-state index is 0.0691. The average molecular weight is 253 g/mol. The van der Waals surface area contributed by atoms with Crippen molar-refractivity contribution in [2.45, 2.75) is 12.5 Å². The third-order valence-corrected chi connectivity index (χ3v) is 2.80. The number of carbonyl (C=O) groups excluding carboxylic acids is 1. The summed E-state index contributed by atoms with van der Waals surface area (Å²) in [5, 5.41) is 16.5. The molecule has 2 rings (SSSR count). The maximum absolute atomic E-state index is 13.1. The summed E-state index contributed by atoms with van der Waals surface area (Å²) in [5.41, 5.74) is -0.633. The van der Waals surface area contributed by atoms with Gasteiger partial charge in [0.1, 0.15) is 11.4 Å². The standard InChI is InChI=1S/C11H12FN3O3/c12-7-1-2-10(15(17)18)9(5-7)11(16)14-8-3-4-13-6-8/h1-2,5,8,13H,3-4,6H2,(H,14,16)/t8-/m1/s1. The second-order valence-corrected chi connectivity index (χ2v) is 4.08. The Bertz CT molecular complexity index is 486. The van der Waals surface area contributed by atoms with E-state index in [2.05, 4.69) is 10.6 Å². The van der Waals surface area contributed by atoms with Gasteiger partial charge < -0.3 is 10.6 Å². The van der Waals surface area contributed by atoms with Gasteiger partial charge >= 0.3 is 0 Å². The molecule has 1 aromatic rings. The van der Waals surface area contributed by atoms with E-state index in [9.17, 15) is 19.3 Å². The van der Waals surface area contributed by atoms with E-state index in [1.54, 1.807) is 0 Å². The molecule has 18 heavy (non-hydrogen) atoms. The summed E-state index contributed by atoms with van der Waals surface area (Å²) < 4.78 is 13.1. The minimum Gasteiger partial charge on any atom is -0.348 e. The highest BCUT2D eigenvalue weighted by molar-refractivity contribution is 5.98. The zero-order valence-electron chi connectivity index (χ0n) is 9.48. The van der Waals surface area contributed by atoms with Crippen LogP contribution in [-0.4, -0.2) is 30.0 Å². The molecule has 0 aromatic heterocycles. The van der Waals surface area contributed by atoms with Gasteiger partial charge in [-0.15, -0.1) is 0 Å². The number of amides is 1. The lowest BCUT2D eigenvalue weighted by Gasteiger charge is -2.11. The Kier molecular flexibility index (Phi) is 3.52. The van der Waals surface area contributed by atoms with Gasteiger partial charge in [-0.25, -0.2) is 4.39 Å². The van der Waals surface area contributed by atoms with Gasteiger partial charge in [-0.3, -0.25) is 14.9 Å². The van der Waals surface area contributed by atoms with E-state index in [-0.39, 0.29) is 17.3 Å². The lowest BCUT2D eigenvalue weighted by Crippen LogP contribution is -2.36. The van der Waals surface area contributed by atoms with Crippen molar-refractivity contribution in [2.24, 2.45) is 0 Å². The van der Waals surface area contributed by atoms with Crippen LogP contribution in [0.1, 0.15) is 16.8 Å². The molecule has 1 amide bonds. The summed E-state index contributed by atoms with van der Waals surface area (Å²) in [6, 6.07) is 2.78. The summed E-state index contributed by atoms with van der Waals surface area (Å²) in [6.45, 7) is 1.41. The molecular formula is C11H12FN3O3. The lowest BCUT2D eigenvalue weighted by atomic mass is 10.1. The molecular weight excluding hydrogens is 241 g/mol. The van der Waals surface area contributed by atoms with Crippen molar-refractivity contribution in [3.63, 3.8) is 0 Å². The smallest absolute Gasteiger partial charge is 0.282 e. The zero-order chi connectivity index (χ0) is 13.1. The number of halogens is 1. The molecule has 1 atom stereocenters. The van der Waals surface area contributed by atoms with Crippen molar-refractivity contribution in [3.05, 3.63) is 39.7 Å². The van der Waals surface area contributed by atoms with E-state index in [1.165, 1.54) is 0 Å². The van der Waals surface area contributed by atoms with Gasteiger partial charge in [-0.1, -0.05) is 0 Å². The third-order valence-electron chi connectivity index (χ3n) is 2.80. The molecule has 1 heterocycles. The fourth-order valence-corrected chi connectivity index (χ4v) is 1.89. The largest absolute Gasteiger partial charge is 0.348 e. The molecule has 96 valence electrons. The number of nitro benzene ring substituents is 1. The molecule has 1 fully saturated rings. The lowest BCUT2D eigenvalue weighted by molar-refractivity contribution is -0.385. The van der Waals surface area contributed by atoms with Gasteiger partial charge in [0.05, 0.1) is 4.92 Å². The molecule has 0 saturated carbocycles. The van der Waals surface area contributed by atoms with Crippen LogP contribution in [0.25, 0.3) is 0 Å². The van der Waals surface area contributed by atoms with Gasteiger partial charge in [0.15, 0.2) is 0 Å². The normalized spacial score (nSPS) is 18.6. The Morgan fingerprint density at radius 3 is 2.94 bits per heavy atom. The monoisotopic (exact) mass is 253 g/mol. The second-order valence-electron chi connectivity index (χ2n) is 4.08. The van der Waals surface area contributed by atoms with Gasteiger partial charge in [0.25, 0.3) is 11.6 Å². The number of rotatable bonds is 3. The first-order chi connectivity index (χ1) is 8.58. The van der Waals surface area contributed by atoms with Crippen LogP contribution in [0, 0.1) is 15.9 Å². The molecule has 1 aliphatic rings. The van der Waals surface area contributed by atoms with Crippen molar-refractivity contribution in [3.8, 4) is 0 Å². The SMILES string of the molecule is O=C(N[C@@H]1CCNC1)c1cc(F)ccc1[N+](=O)[O-]. The van der Waals surface area contributed by atoms with Crippen molar-refractivity contribution >= 4 is 11.6 Å². The molecule has 0 radical (unpaired) electrons. The highest BCUT2D eigenvalue weighted by Crippen LogP contribution is 2.19. The van der Waals surface area contributed by atoms with Crippen LogP contribution < -0.4 is 10.6 Å². The Morgan fingerprint density at radius 2 is 2.33 bits per heavy atom. The van der Waals surface area contributed by atoms with Crippen LogP contribution in [0.5, 0.6) is 0 Å². The fourth-order valence-electron chi connectivity index (χ4n) is 1.89. The molecule has 1 aromatic carbocycles. The molecule has 7 heteroatoms. The highest BCUT2D eigenvalue weighted by Gasteiger charge is 2.24. The topological polar surface area (TPSA) is 84.3 Å². The molecule has 2 N–H and O–H groups in total. The van der Waals surface area contributed by atoms with E-state index in [0.717, 1.165) is 31.2 Å². The number of hydrogen-bond acceptors (Lipinski definition) is 4. The zero-order valence-corrected chi connectivity index (χ0v) is 9.48. The second kappa shape index (κ2) is 5.09. The van der Waals surface area contributed by atoms with E-state index in [4.69, 9.17) is 0 Å². The fraction of sp³-hybridized carbons (Fsp3) is 0.364. The number of carbonyl (C=O) groups is 1. The maximum Gasteiger partial charge on any atom is 0.282 e. The Balaban J connectivity index is 2.22. The average Bonchev–Trinajstić information content (AvgIpc) is 2.81. The molecule has 0 aliphatic carbocycles. The van der Waals surface area contributed by atoms with Crippen LogP contribution in [0.2, 0.25) is 0 Å². The van der Waals surface area contributed by atoms with Crippen LogP contribution >= 0.6 is 0 Å². The Morgan fingerprint density at radius 1 is 1.56 bits per heavy atom. The van der Waals surface area contributed by atoms with E-state index < -0.39 is 16.6 Å². The van der Waals surface area contributed by atoms with Crippen LogP contribution in [0.4, 0.5) is 10.1 Å². The first-order valence-corrected chi connectivity index (χ1v) is 5.53. The molecule has 0 spiro atoms. The van der Waals surface area contributed by atoms with Crippen LogP contribution in [0.15, 0.2) is 18.2 Å². The first kappa shape index (κ1) is 12.4. The van der Waals surface area contributed by atoms with Crippen molar-refractivity contribution in [1.29, 1.82) is 0 Å². The molecule has 0 unspecified atom stereocenters. The summed E-state index contributed by atoms with van der Waals surface area (Å²) in [5.74, 6) is -1.29. The van der Waals surface area contributed by atoms with Crippen molar-refractivity contribution < 1.29 is 14.1 Å². The Hall–Kier alpha value is -2.02. The van der Waals surface area contributed by atoms with Gasteiger partial charge in [-0.2, -0.15) is 0 Å². The number of nitrogens with one attached hydrogen (secondary N) is 2. The van der Waals surface area contributed by atoms with Crippen molar-refractivity contribution in [2.75, 3.05) is 13.1 Å². The highest BCUT2D eigenvalue weighted by atomic mass is 19.1. The summed E-state index contributed by atoms with van der Waals surface area (Å²) >= 11 is 0. The van der Waals surface area contributed by atoms with Crippen LogP contribution in [0.3, 0.4) is 0 Å². The van der Waals surface area contributed by atoms with Gasteiger partial charge in [0.2, 0.25) is 0 Å². The van der Waals surface area contributed by atoms with Gasteiger partial charge in [-0.05, 0) is 25.1 Å². The predicted octanol–water partition coefficient (Wildman–Crippen LogP) is 0.826. The number of hydrogen-bond donors (Lipinski definition) is 2. The van der Waals surface area contributed by atoms with E-state index in [0.29, 0.717) is 6.54 Å². The summed E-state index contributed by atoms with van der Waals surface area (Å²) in [6.07, 6.45) is 0.759. The van der Waals surface area contributed by atoms with E-state index in [1.807, 2.05) is 0 Å². The number of benzene rings is 1. The van der Waals surface area contributed by atoms with Gasteiger partial charge in [0, 0.05) is 18.7 Å². The number of nitro groups is 1. The molecule has 1 saturated heterocycles. The molecule has 1 aliphatic heterocycles. The first-order valence-electron chi connectivity index (χ1n) is 5.53. The molecule has 0 bridgehead atoms. The van der Waals surface area contributed by atoms with Crippen molar-refractivity contribution in [1.82, 2.24) is 10.6 Å². The van der Waals surface area contributed by atoms with Crippen LogP contribution in [-0.2, 0) is 0 Å². The third kappa shape index (κ3) is 2.62. The van der Waals surface area contributed by atoms with E-state index >= 15 is 0 Å². The summed E-state index contributed by atoms with van der Waals surface area (Å²) in [4.78, 5) is 21.9. The summed E-state index contributed by atoms with van der Waals surface area (Å²) in [7, 11) is 0. The number of nitrogens with zero attached hydrogens (tertiary/aromatic N) is 1. The molecule has 6 nitrogen and oxygen atoms in total. The quantitative estimate of drug-likeness (QED) is 0.617. The minimum atomic E-state index is -0.693. The predicted molar refractivity (Wildman–Crippen MR) is 61.8 cm³/mol. The maximum atomic E-state index is 13.1. The Labute approximate surface area is 102 Å².